The number of aryl methyl sites for hydroxylation is 1. The Hall–Kier alpha value is -2.03. The van der Waals surface area contributed by atoms with Gasteiger partial charge in [-0.2, -0.15) is 0 Å². The van der Waals surface area contributed by atoms with Crippen LogP contribution in [0.2, 0.25) is 0 Å². The Bertz CT molecular complexity index is 935. The number of nitrogens with zero attached hydrogens (tertiary/aromatic N) is 2. The Kier molecular flexibility index (Phi) is 5.55. The van der Waals surface area contributed by atoms with Crippen LogP contribution >= 0.6 is 11.3 Å². The maximum Gasteiger partial charge on any atom is 0.246 e. The molecule has 2 aromatic heterocycles. The molecule has 3 rings (SSSR count). The van der Waals surface area contributed by atoms with Crippen LogP contribution in [0.1, 0.15) is 27.3 Å². The van der Waals surface area contributed by atoms with Gasteiger partial charge in [0, 0.05) is 42.5 Å². The van der Waals surface area contributed by atoms with Crippen LogP contribution < -0.4 is 4.72 Å². The second-order valence-corrected chi connectivity index (χ2v) is 9.09. The average Bonchev–Trinajstić information content (AvgIpc) is 3.11. The lowest BCUT2D eigenvalue weighted by molar-refractivity contribution is -0.126. The number of pyridine rings is 1. The zero-order valence-electron chi connectivity index (χ0n) is 14.7. The summed E-state index contributed by atoms with van der Waals surface area (Å²) in [5, 5.41) is 1.97. The molecule has 2 aromatic rings. The first-order valence-electron chi connectivity index (χ1n) is 8.25. The van der Waals surface area contributed by atoms with Crippen molar-refractivity contribution in [1.82, 2.24) is 14.6 Å². The number of sulfonamides is 1. The third-order valence-electron chi connectivity index (χ3n) is 4.35. The highest BCUT2D eigenvalue weighted by molar-refractivity contribution is 7.88. The third kappa shape index (κ3) is 4.57. The Balaban J connectivity index is 1.75. The number of thiophene rings is 1. The van der Waals surface area contributed by atoms with Gasteiger partial charge >= 0.3 is 0 Å². The minimum Gasteiger partial charge on any atom is -0.334 e. The molecule has 0 fully saturated rings. The molecule has 0 bridgehead atoms. The largest absolute Gasteiger partial charge is 0.334 e. The van der Waals surface area contributed by atoms with Crippen molar-refractivity contribution >= 4 is 33.3 Å². The number of fused-ring (bicyclic) bond motifs is 1. The highest BCUT2D eigenvalue weighted by Gasteiger charge is 2.23. The van der Waals surface area contributed by atoms with Crippen molar-refractivity contribution in [2.45, 2.75) is 26.4 Å². The van der Waals surface area contributed by atoms with E-state index in [-0.39, 0.29) is 12.5 Å². The molecule has 0 aliphatic carbocycles. The molecule has 3 heterocycles. The van der Waals surface area contributed by atoms with E-state index in [0.29, 0.717) is 19.5 Å². The molecule has 0 radical (unpaired) electrons. The first kappa shape index (κ1) is 18.8. The number of hydrogen-bond donors (Lipinski definition) is 1. The van der Waals surface area contributed by atoms with Crippen LogP contribution in [0, 0.1) is 6.92 Å². The Morgan fingerprint density at radius 3 is 2.96 bits per heavy atom. The molecule has 0 atom stereocenters. The summed E-state index contributed by atoms with van der Waals surface area (Å²) < 4.78 is 25.3. The van der Waals surface area contributed by atoms with Crippen molar-refractivity contribution in [3.8, 4) is 0 Å². The van der Waals surface area contributed by atoms with Gasteiger partial charge in [0.2, 0.25) is 15.9 Å². The zero-order valence-corrected chi connectivity index (χ0v) is 16.4. The molecule has 8 heteroatoms. The quantitative estimate of drug-likeness (QED) is 0.792. The van der Waals surface area contributed by atoms with E-state index < -0.39 is 10.0 Å². The van der Waals surface area contributed by atoms with Gasteiger partial charge in [0.15, 0.2) is 0 Å². The number of nitrogens with one attached hydrogen (secondary N) is 1. The fourth-order valence-corrected chi connectivity index (χ4v) is 4.02. The highest BCUT2D eigenvalue weighted by atomic mass is 32.2. The summed E-state index contributed by atoms with van der Waals surface area (Å²) in [6, 6.07) is 3.92. The van der Waals surface area contributed by atoms with Crippen molar-refractivity contribution in [2.24, 2.45) is 0 Å². The average molecular weight is 392 g/mol. The predicted molar refractivity (Wildman–Crippen MR) is 103 cm³/mol. The molecule has 0 spiro atoms. The van der Waals surface area contributed by atoms with E-state index in [1.807, 2.05) is 30.5 Å². The van der Waals surface area contributed by atoms with E-state index in [1.54, 1.807) is 28.5 Å². The summed E-state index contributed by atoms with van der Waals surface area (Å²) in [6.45, 7) is 3.20. The van der Waals surface area contributed by atoms with Crippen LogP contribution in [-0.4, -0.2) is 37.0 Å². The zero-order chi connectivity index (χ0) is 18.7. The molecule has 0 saturated carbocycles. The predicted octanol–water partition coefficient (Wildman–Crippen LogP) is 2.10. The number of carbonyl (C=O) groups is 1. The van der Waals surface area contributed by atoms with Crippen molar-refractivity contribution in [1.29, 1.82) is 0 Å². The summed E-state index contributed by atoms with van der Waals surface area (Å²) in [7, 11) is -3.27. The molecular weight excluding hydrogens is 370 g/mol. The van der Waals surface area contributed by atoms with E-state index >= 15 is 0 Å². The lowest BCUT2D eigenvalue weighted by atomic mass is 9.95. The number of rotatable bonds is 5. The molecule has 26 heavy (non-hydrogen) atoms. The van der Waals surface area contributed by atoms with E-state index in [4.69, 9.17) is 0 Å². The van der Waals surface area contributed by atoms with Crippen LogP contribution in [0.25, 0.3) is 6.08 Å². The smallest absolute Gasteiger partial charge is 0.246 e. The minimum absolute atomic E-state index is 0.0274. The van der Waals surface area contributed by atoms with Crippen molar-refractivity contribution in [2.75, 3.05) is 12.8 Å². The third-order valence-corrected chi connectivity index (χ3v) is 5.86. The SMILES string of the molecule is Cc1ncc2c(c1CNS(C)(=O)=O)CCN(C(=O)/C=C/c1cccs1)C2. The molecule has 6 nitrogen and oxygen atoms in total. The van der Waals surface area contributed by atoms with Gasteiger partial charge < -0.3 is 4.90 Å². The second-order valence-electron chi connectivity index (χ2n) is 6.28. The van der Waals surface area contributed by atoms with Gasteiger partial charge in [-0.3, -0.25) is 9.78 Å². The molecular formula is C18H21N3O3S2. The molecule has 1 N–H and O–H groups in total. The first-order chi connectivity index (χ1) is 12.3. The van der Waals surface area contributed by atoms with Crippen molar-refractivity contribution in [3.63, 3.8) is 0 Å². The van der Waals surface area contributed by atoms with E-state index in [9.17, 15) is 13.2 Å². The van der Waals surface area contributed by atoms with Gasteiger partial charge in [-0.05, 0) is 47.6 Å². The molecule has 1 amide bonds. The maximum atomic E-state index is 12.4. The maximum absolute atomic E-state index is 12.4. The van der Waals surface area contributed by atoms with E-state index in [2.05, 4.69) is 9.71 Å². The summed E-state index contributed by atoms with van der Waals surface area (Å²) in [5.74, 6) is -0.0274. The molecule has 0 saturated heterocycles. The monoisotopic (exact) mass is 391 g/mol. The lowest BCUT2D eigenvalue weighted by Crippen LogP contribution is -2.36. The van der Waals surface area contributed by atoms with Crippen LogP contribution in [0.3, 0.4) is 0 Å². The fraction of sp³-hybridized carbons (Fsp3) is 0.333. The molecule has 0 aromatic carbocycles. The van der Waals surface area contributed by atoms with Crippen molar-refractivity contribution < 1.29 is 13.2 Å². The number of amides is 1. The summed E-state index contributed by atoms with van der Waals surface area (Å²) >= 11 is 1.59. The summed E-state index contributed by atoms with van der Waals surface area (Å²) in [4.78, 5) is 19.7. The van der Waals surface area contributed by atoms with Gasteiger partial charge in [-0.1, -0.05) is 6.07 Å². The van der Waals surface area contributed by atoms with Crippen LogP contribution in [0.5, 0.6) is 0 Å². The summed E-state index contributed by atoms with van der Waals surface area (Å²) in [6.07, 6.45) is 7.06. The van der Waals surface area contributed by atoms with E-state index in [0.717, 1.165) is 33.5 Å². The number of hydrogen-bond acceptors (Lipinski definition) is 5. The van der Waals surface area contributed by atoms with Gasteiger partial charge in [-0.25, -0.2) is 13.1 Å². The topological polar surface area (TPSA) is 79.4 Å². The molecule has 1 aliphatic rings. The minimum atomic E-state index is -3.27. The van der Waals surface area contributed by atoms with Gasteiger partial charge in [0.1, 0.15) is 0 Å². The molecule has 1 aliphatic heterocycles. The standard InChI is InChI=1S/C18H21N3O3S2/c1-13-17(11-20-26(2,23)24)16-7-8-21(12-14(16)10-19-13)18(22)6-5-15-4-3-9-25-15/h3-6,9-10,20H,7-8,11-12H2,1-2H3/b6-5+. The lowest BCUT2D eigenvalue weighted by Gasteiger charge is -2.29. The highest BCUT2D eigenvalue weighted by Crippen LogP contribution is 2.24. The van der Waals surface area contributed by atoms with Crippen molar-refractivity contribution in [3.05, 3.63) is 57.0 Å². The van der Waals surface area contributed by atoms with Gasteiger partial charge in [0.25, 0.3) is 0 Å². The fourth-order valence-electron chi connectivity index (χ4n) is 2.99. The number of carbonyl (C=O) groups excluding carboxylic acids is 1. The first-order valence-corrected chi connectivity index (χ1v) is 11.0. The molecule has 138 valence electrons. The van der Waals surface area contributed by atoms with Crippen LogP contribution in [0.15, 0.2) is 29.8 Å². The van der Waals surface area contributed by atoms with Crippen LogP contribution in [0.4, 0.5) is 0 Å². The normalized spacial score (nSPS) is 14.6. The summed E-state index contributed by atoms with van der Waals surface area (Å²) in [5.41, 5.74) is 3.80. The Morgan fingerprint density at radius 1 is 1.46 bits per heavy atom. The van der Waals surface area contributed by atoms with Gasteiger partial charge in [-0.15, -0.1) is 11.3 Å². The van der Waals surface area contributed by atoms with E-state index in [1.165, 1.54) is 0 Å². The number of aromatic nitrogens is 1. The Labute approximate surface area is 157 Å². The molecule has 0 unspecified atom stereocenters. The Morgan fingerprint density at radius 2 is 2.27 bits per heavy atom. The van der Waals surface area contributed by atoms with Gasteiger partial charge in [0.05, 0.1) is 6.26 Å². The van der Waals surface area contributed by atoms with Crippen LogP contribution in [-0.2, 0) is 34.3 Å². The second kappa shape index (κ2) is 7.69.